The van der Waals surface area contributed by atoms with Crippen LogP contribution in [0.3, 0.4) is 0 Å². The van der Waals surface area contributed by atoms with Crippen molar-refractivity contribution in [1.29, 1.82) is 5.26 Å². The third-order valence-electron chi connectivity index (χ3n) is 2.11. The summed E-state index contributed by atoms with van der Waals surface area (Å²) < 4.78 is 0. The van der Waals surface area contributed by atoms with E-state index in [4.69, 9.17) is 10.5 Å². The molecule has 1 aromatic rings. The normalized spacial score (nSPS) is 19.8. The Morgan fingerprint density at radius 1 is 1.25 bits per heavy atom. The molecule has 0 saturated carbocycles. The number of hydrogen-bond acceptors (Lipinski definition) is 4. The Balaban J connectivity index is 2.43. The van der Waals surface area contributed by atoms with Crippen molar-refractivity contribution in [2.45, 2.75) is 0 Å². The summed E-state index contributed by atoms with van der Waals surface area (Å²) in [5.41, 5.74) is 1.47. The van der Waals surface area contributed by atoms with Crippen LogP contribution >= 0.6 is 11.8 Å². The van der Waals surface area contributed by atoms with Gasteiger partial charge in [-0.15, -0.1) is 0 Å². The number of nitrogens with zero attached hydrogens (tertiary/aromatic N) is 2. The first-order valence-corrected chi connectivity index (χ1v) is 5.44. The molecule has 1 aliphatic heterocycles. The van der Waals surface area contributed by atoms with Crippen LogP contribution in [0, 0.1) is 11.3 Å². The van der Waals surface area contributed by atoms with Crippen LogP contribution in [0.4, 0.5) is 0 Å². The van der Waals surface area contributed by atoms with Gasteiger partial charge in [-0.25, -0.2) is 0 Å². The van der Waals surface area contributed by atoms with Crippen molar-refractivity contribution >= 4 is 22.4 Å². The zero-order valence-electron chi connectivity index (χ0n) is 8.29. The molecule has 0 aliphatic carbocycles. The van der Waals surface area contributed by atoms with E-state index in [0.29, 0.717) is 10.6 Å². The first-order chi connectivity index (χ1) is 7.85. The van der Waals surface area contributed by atoms with Gasteiger partial charge in [-0.2, -0.15) is 5.26 Å². The molecular weight excluding hydrogens is 220 g/mol. The van der Waals surface area contributed by atoms with E-state index in [1.165, 1.54) is 11.8 Å². The number of rotatable bonds is 1. The first kappa shape index (κ1) is 10.5. The van der Waals surface area contributed by atoms with E-state index >= 15 is 0 Å². The molecule has 3 nitrogen and oxygen atoms in total. The van der Waals surface area contributed by atoms with Crippen molar-refractivity contribution in [2.75, 3.05) is 0 Å². The fraction of sp³-hybridized carbons (Fsp3) is 0. The molecule has 1 aliphatic rings. The Kier molecular flexibility index (Phi) is 3.08. The van der Waals surface area contributed by atoms with Crippen LogP contribution in [0.5, 0.6) is 0 Å². The zero-order valence-corrected chi connectivity index (χ0v) is 9.11. The minimum absolute atomic E-state index is 0.499. The maximum absolute atomic E-state index is 9.14. The van der Waals surface area contributed by atoms with E-state index in [-0.39, 0.29) is 0 Å². The molecule has 1 heterocycles. The molecule has 0 fully saturated rings. The monoisotopic (exact) mass is 228 g/mol. The summed E-state index contributed by atoms with van der Waals surface area (Å²) in [6, 6.07) is 11.6. The summed E-state index contributed by atoms with van der Waals surface area (Å²) in [4.78, 5) is 0.807. The van der Waals surface area contributed by atoms with Crippen LogP contribution < -0.4 is 0 Å². The second-order valence-corrected chi connectivity index (χ2v) is 4.15. The molecule has 0 unspecified atom stereocenters. The van der Waals surface area contributed by atoms with E-state index in [1.54, 1.807) is 12.2 Å². The summed E-state index contributed by atoms with van der Waals surface area (Å²) in [7, 11) is 0. The van der Waals surface area contributed by atoms with Crippen molar-refractivity contribution in [3.63, 3.8) is 0 Å². The Morgan fingerprint density at radius 2 is 2.00 bits per heavy atom. The lowest BCUT2D eigenvalue weighted by atomic mass is 10.1. The molecule has 1 aromatic carbocycles. The standard InChI is InChI=1S/C12H8N2OS/c13-8-10(9-4-2-1-3-5-9)11-6-7-12(14-15)16-11/h1-7,15H/b11-10+,14-12?. The van der Waals surface area contributed by atoms with Crippen LogP contribution in [0.1, 0.15) is 5.56 Å². The average molecular weight is 228 g/mol. The number of nitriles is 1. The zero-order chi connectivity index (χ0) is 11.4. The van der Waals surface area contributed by atoms with Gasteiger partial charge in [0.2, 0.25) is 0 Å². The van der Waals surface area contributed by atoms with Crippen molar-refractivity contribution in [3.05, 3.63) is 53.0 Å². The highest BCUT2D eigenvalue weighted by molar-refractivity contribution is 8.18. The molecule has 0 spiro atoms. The quantitative estimate of drug-likeness (QED) is 0.456. The molecule has 0 atom stereocenters. The second-order valence-electron chi connectivity index (χ2n) is 3.09. The maximum Gasteiger partial charge on any atom is 0.140 e. The predicted molar refractivity (Wildman–Crippen MR) is 64.9 cm³/mol. The Morgan fingerprint density at radius 3 is 2.56 bits per heavy atom. The topological polar surface area (TPSA) is 56.4 Å². The van der Waals surface area contributed by atoms with Crippen LogP contribution in [0.25, 0.3) is 5.57 Å². The molecule has 1 N–H and O–H groups in total. The predicted octanol–water partition coefficient (Wildman–Crippen LogP) is 3.01. The third kappa shape index (κ3) is 2.00. The number of allylic oxidation sites excluding steroid dienone is 2. The number of thioether (sulfide) groups is 1. The van der Waals surface area contributed by atoms with E-state index in [9.17, 15) is 0 Å². The Bertz CT molecular complexity index is 524. The SMILES string of the molecule is N#C/C(=C1/C=CC(=NO)S1)c1ccccc1. The fourth-order valence-electron chi connectivity index (χ4n) is 1.38. The molecule has 4 heteroatoms. The lowest BCUT2D eigenvalue weighted by molar-refractivity contribution is 0.321. The van der Waals surface area contributed by atoms with E-state index < -0.39 is 0 Å². The van der Waals surface area contributed by atoms with E-state index in [2.05, 4.69) is 11.2 Å². The molecule has 0 saturated heterocycles. The van der Waals surface area contributed by atoms with Gasteiger partial charge < -0.3 is 5.21 Å². The molecule has 78 valence electrons. The van der Waals surface area contributed by atoms with Gasteiger partial charge in [-0.1, -0.05) is 47.2 Å². The summed E-state index contributed by atoms with van der Waals surface area (Å²) in [6.45, 7) is 0. The van der Waals surface area contributed by atoms with Crippen LogP contribution in [-0.4, -0.2) is 10.3 Å². The number of hydrogen-bond donors (Lipinski definition) is 1. The molecular formula is C12H8N2OS. The minimum Gasteiger partial charge on any atom is -0.410 e. The van der Waals surface area contributed by atoms with Gasteiger partial charge in [0, 0.05) is 4.91 Å². The average Bonchev–Trinajstić information content (AvgIpc) is 2.80. The molecule has 16 heavy (non-hydrogen) atoms. The highest BCUT2D eigenvalue weighted by Gasteiger charge is 2.14. The van der Waals surface area contributed by atoms with Gasteiger partial charge in [-0.05, 0) is 17.7 Å². The number of benzene rings is 1. The minimum atomic E-state index is 0.499. The van der Waals surface area contributed by atoms with E-state index in [1.807, 2.05) is 30.3 Å². The van der Waals surface area contributed by atoms with Gasteiger partial charge >= 0.3 is 0 Å². The largest absolute Gasteiger partial charge is 0.410 e. The van der Waals surface area contributed by atoms with Gasteiger partial charge in [0.05, 0.1) is 5.57 Å². The highest BCUT2D eigenvalue weighted by Crippen LogP contribution is 2.33. The molecule has 2 rings (SSSR count). The smallest absolute Gasteiger partial charge is 0.140 e. The van der Waals surface area contributed by atoms with Crippen molar-refractivity contribution in [2.24, 2.45) is 5.16 Å². The van der Waals surface area contributed by atoms with Gasteiger partial charge in [0.15, 0.2) is 0 Å². The van der Waals surface area contributed by atoms with Crippen molar-refractivity contribution in [3.8, 4) is 6.07 Å². The Labute approximate surface area is 97.4 Å². The molecule has 0 aromatic heterocycles. The second kappa shape index (κ2) is 4.69. The van der Waals surface area contributed by atoms with E-state index in [0.717, 1.165) is 10.5 Å². The van der Waals surface area contributed by atoms with Crippen molar-refractivity contribution in [1.82, 2.24) is 0 Å². The van der Waals surface area contributed by atoms with Crippen LogP contribution in [0.2, 0.25) is 0 Å². The summed E-state index contributed by atoms with van der Waals surface area (Å²) in [6.07, 6.45) is 3.46. The number of oxime groups is 1. The third-order valence-corrected chi connectivity index (χ3v) is 3.10. The Hall–Kier alpha value is -1.99. The van der Waals surface area contributed by atoms with Gasteiger partial charge in [-0.3, -0.25) is 0 Å². The molecule has 0 radical (unpaired) electrons. The summed E-state index contributed by atoms with van der Waals surface area (Å²) >= 11 is 1.28. The highest BCUT2D eigenvalue weighted by atomic mass is 32.2. The van der Waals surface area contributed by atoms with Gasteiger partial charge in [0.25, 0.3) is 0 Å². The van der Waals surface area contributed by atoms with Crippen LogP contribution in [-0.2, 0) is 0 Å². The molecule has 0 bridgehead atoms. The summed E-state index contributed by atoms with van der Waals surface area (Å²) in [5, 5.41) is 21.4. The summed E-state index contributed by atoms with van der Waals surface area (Å²) in [5.74, 6) is 0. The van der Waals surface area contributed by atoms with Gasteiger partial charge in [0.1, 0.15) is 11.1 Å². The van der Waals surface area contributed by atoms with Crippen molar-refractivity contribution < 1.29 is 5.21 Å². The first-order valence-electron chi connectivity index (χ1n) is 4.63. The fourth-order valence-corrected chi connectivity index (χ4v) is 2.19. The molecule has 0 amide bonds. The lowest BCUT2D eigenvalue weighted by Gasteiger charge is -2.01. The lowest BCUT2D eigenvalue weighted by Crippen LogP contribution is -1.84. The maximum atomic E-state index is 9.14. The van der Waals surface area contributed by atoms with Crippen LogP contribution in [0.15, 0.2) is 52.5 Å².